The van der Waals surface area contributed by atoms with E-state index in [4.69, 9.17) is 4.74 Å². The van der Waals surface area contributed by atoms with Crippen LogP contribution in [0.15, 0.2) is 101 Å². The van der Waals surface area contributed by atoms with Gasteiger partial charge in [0.1, 0.15) is 24.0 Å². The molecule has 0 saturated heterocycles. The number of fused-ring (bicyclic) bond motifs is 1. The molecule has 1 N–H and O–H groups in total. The second kappa shape index (κ2) is 9.95. The monoisotopic (exact) mass is 482 g/mol. The molecule has 0 bridgehead atoms. The van der Waals surface area contributed by atoms with E-state index in [1.807, 2.05) is 84.9 Å². The van der Waals surface area contributed by atoms with E-state index < -0.39 is 5.91 Å². The zero-order valence-electron chi connectivity index (χ0n) is 17.1. The second-order valence-corrected chi connectivity index (χ2v) is 8.02. The highest BCUT2D eigenvalue weighted by molar-refractivity contribution is 9.10. The highest BCUT2D eigenvalue weighted by atomic mass is 79.9. The van der Waals surface area contributed by atoms with Gasteiger partial charge in [-0.25, -0.2) is 0 Å². The summed E-state index contributed by atoms with van der Waals surface area (Å²) in [6, 6.07) is 30.6. The number of halogens is 1. The fourth-order valence-corrected chi connectivity index (χ4v) is 3.57. The van der Waals surface area contributed by atoms with E-state index in [9.17, 15) is 10.1 Å². The molecule has 4 nitrogen and oxygen atoms in total. The average molecular weight is 483 g/mol. The van der Waals surface area contributed by atoms with Crippen LogP contribution in [0.25, 0.3) is 16.8 Å². The molecule has 0 atom stereocenters. The lowest BCUT2D eigenvalue weighted by atomic mass is 10.0. The molecule has 0 aliphatic carbocycles. The lowest BCUT2D eigenvalue weighted by molar-refractivity contribution is -0.112. The molecule has 0 aliphatic heterocycles. The van der Waals surface area contributed by atoms with Crippen LogP contribution in [0.5, 0.6) is 5.75 Å². The molecule has 4 rings (SSSR count). The number of hydrogen-bond donors (Lipinski definition) is 1. The van der Waals surface area contributed by atoms with Crippen molar-refractivity contribution in [2.75, 3.05) is 5.32 Å². The van der Waals surface area contributed by atoms with Crippen molar-refractivity contribution < 1.29 is 9.53 Å². The molecule has 0 saturated carbocycles. The van der Waals surface area contributed by atoms with Crippen molar-refractivity contribution in [3.8, 4) is 11.8 Å². The third-order valence-electron chi connectivity index (χ3n) is 4.92. The molecule has 0 unspecified atom stereocenters. The maximum Gasteiger partial charge on any atom is 0.266 e. The SMILES string of the molecule is N#C/C(=C\c1c(OCc2ccc(Br)cc2)ccc2ccccc12)C(=O)Nc1ccccc1. The van der Waals surface area contributed by atoms with Crippen molar-refractivity contribution >= 4 is 44.4 Å². The number of carbonyl (C=O) groups is 1. The van der Waals surface area contributed by atoms with Crippen LogP contribution >= 0.6 is 15.9 Å². The first-order chi connectivity index (χ1) is 15.6. The summed E-state index contributed by atoms with van der Waals surface area (Å²) in [6.07, 6.45) is 1.59. The summed E-state index contributed by atoms with van der Waals surface area (Å²) in [4.78, 5) is 12.8. The van der Waals surface area contributed by atoms with Gasteiger partial charge in [-0.3, -0.25) is 4.79 Å². The predicted octanol–water partition coefficient (Wildman–Crippen LogP) is 6.73. The standard InChI is InChI=1S/C27H19BrN2O2/c28-22-13-10-19(11-14-22)18-32-26-15-12-20-6-4-5-9-24(20)25(26)16-21(17-29)27(31)30-23-7-2-1-3-8-23/h1-16H,18H2,(H,30,31)/b21-16+. The molecule has 0 heterocycles. The van der Waals surface area contributed by atoms with Crippen LogP contribution in [0.4, 0.5) is 5.69 Å². The van der Waals surface area contributed by atoms with E-state index in [0.29, 0.717) is 23.6 Å². The topological polar surface area (TPSA) is 62.1 Å². The lowest BCUT2D eigenvalue weighted by Gasteiger charge is -2.13. The van der Waals surface area contributed by atoms with E-state index >= 15 is 0 Å². The Hall–Kier alpha value is -3.88. The Bertz CT molecular complexity index is 1320. The molecule has 0 fully saturated rings. The smallest absolute Gasteiger partial charge is 0.266 e. The van der Waals surface area contributed by atoms with Gasteiger partial charge in [0.25, 0.3) is 5.91 Å². The number of nitriles is 1. The van der Waals surface area contributed by atoms with Gasteiger partial charge in [-0.1, -0.05) is 76.6 Å². The van der Waals surface area contributed by atoms with E-state index in [0.717, 1.165) is 20.8 Å². The molecule has 0 radical (unpaired) electrons. The second-order valence-electron chi connectivity index (χ2n) is 7.10. The minimum atomic E-state index is -0.467. The summed E-state index contributed by atoms with van der Waals surface area (Å²) in [5.74, 6) is 0.136. The Balaban J connectivity index is 1.69. The van der Waals surface area contributed by atoms with Gasteiger partial charge in [0, 0.05) is 15.7 Å². The molecule has 0 spiro atoms. The first kappa shape index (κ1) is 21.4. The number of hydrogen-bond acceptors (Lipinski definition) is 3. The maximum absolute atomic E-state index is 12.8. The molecule has 32 heavy (non-hydrogen) atoms. The van der Waals surface area contributed by atoms with Gasteiger partial charge in [-0.15, -0.1) is 0 Å². The van der Waals surface area contributed by atoms with Crippen LogP contribution in [-0.2, 0) is 11.4 Å². The van der Waals surface area contributed by atoms with Crippen molar-refractivity contribution in [2.24, 2.45) is 0 Å². The molecule has 4 aromatic carbocycles. The first-order valence-electron chi connectivity index (χ1n) is 10.0. The van der Waals surface area contributed by atoms with Crippen molar-refractivity contribution in [1.82, 2.24) is 0 Å². The number of ether oxygens (including phenoxy) is 1. The Morgan fingerprint density at radius 1 is 0.938 bits per heavy atom. The Morgan fingerprint density at radius 2 is 1.66 bits per heavy atom. The number of para-hydroxylation sites is 1. The molecular weight excluding hydrogens is 464 g/mol. The summed E-state index contributed by atoms with van der Waals surface area (Å²) >= 11 is 3.44. The van der Waals surface area contributed by atoms with Crippen LogP contribution in [0, 0.1) is 11.3 Å². The number of benzene rings is 4. The van der Waals surface area contributed by atoms with Crippen molar-refractivity contribution in [3.05, 3.63) is 112 Å². The molecule has 5 heteroatoms. The third kappa shape index (κ3) is 5.05. The van der Waals surface area contributed by atoms with Gasteiger partial charge >= 0.3 is 0 Å². The average Bonchev–Trinajstić information content (AvgIpc) is 2.83. The van der Waals surface area contributed by atoms with E-state index in [1.165, 1.54) is 0 Å². The number of carbonyl (C=O) groups excluding carboxylic acids is 1. The number of amides is 1. The lowest BCUT2D eigenvalue weighted by Crippen LogP contribution is -2.13. The molecule has 1 amide bonds. The normalized spacial score (nSPS) is 11.1. The minimum absolute atomic E-state index is 0.00121. The highest BCUT2D eigenvalue weighted by Crippen LogP contribution is 2.31. The van der Waals surface area contributed by atoms with E-state index in [-0.39, 0.29) is 5.57 Å². The largest absolute Gasteiger partial charge is 0.488 e. The number of rotatable bonds is 6. The van der Waals surface area contributed by atoms with Crippen LogP contribution < -0.4 is 10.1 Å². The fraction of sp³-hybridized carbons (Fsp3) is 0.0370. The highest BCUT2D eigenvalue weighted by Gasteiger charge is 2.14. The third-order valence-corrected chi connectivity index (χ3v) is 5.45. The predicted molar refractivity (Wildman–Crippen MR) is 131 cm³/mol. The van der Waals surface area contributed by atoms with E-state index in [1.54, 1.807) is 18.2 Å². The molecular formula is C27H19BrN2O2. The summed E-state index contributed by atoms with van der Waals surface area (Å²) < 4.78 is 7.11. The summed E-state index contributed by atoms with van der Waals surface area (Å²) in [7, 11) is 0. The minimum Gasteiger partial charge on any atom is -0.488 e. The summed E-state index contributed by atoms with van der Waals surface area (Å²) in [6.45, 7) is 0.366. The Kier molecular flexibility index (Phi) is 6.64. The van der Waals surface area contributed by atoms with Crippen LogP contribution in [0.2, 0.25) is 0 Å². The molecule has 0 aliphatic rings. The first-order valence-corrected chi connectivity index (χ1v) is 10.8. The van der Waals surface area contributed by atoms with Gasteiger partial charge < -0.3 is 10.1 Å². The Morgan fingerprint density at radius 3 is 2.41 bits per heavy atom. The summed E-state index contributed by atoms with van der Waals surface area (Å²) in [5, 5.41) is 14.4. The van der Waals surface area contributed by atoms with Gasteiger partial charge in [-0.2, -0.15) is 5.26 Å². The Labute approximate surface area is 194 Å². The van der Waals surface area contributed by atoms with Gasteiger partial charge in [0.2, 0.25) is 0 Å². The molecule has 4 aromatic rings. The van der Waals surface area contributed by atoms with Crippen molar-refractivity contribution in [3.63, 3.8) is 0 Å². The van der Waals surface area contributed by atoms with Gasteiger partial charge in [0.15, 0.2) is 0 Å². The van der Waals surface area contributed by atoms with E-state index in [2.05, 4.69) is 21.2 Å². The quantitative estimate of drug-likeness (QED) is 0.244. The zero-order valence-corrected chi connectivity index (χ0v) is 18.7. The number of anilines is 1. The maximum atomic E-state index is 12.8. The summed E-state index contributed by atoms with van der Waals surface area (Å²) in [5.41, 5.74) is 2.33. The van der Waals surface area contributed by atoms with Crippen LogP contribution in [-0.4, -0.2) is 5.91 Å². The molecule has 156 valence electrons. The van der Waals surface area contributed by atoms with Crippen LogP contribution in [0.3, 0.4) is 0 Å². The fourth-order valence-electron chi connectivity index (χ4n) is 3.30. The van der Waals surface area contributed by atoms with Crippen molar-refractivity contribution in [2.45, 2.75) is 6.61 Å². The van der Waals surface area contributed by atoms with Crippen molar-refractivity contribution in [1.29, 1.82) is 5.26 Å². The van der Waals surface area contributed by atoms with Gasteiger partial charge in [-0.05, 0) is 52.7 Å². The number of nitrogens with zero attached hydrogens (tertiary/aromatic N) is 1. The number of nitrogens with one attached hydrogen (secondary N) is 1. The van der Waals surface area contributed by atoms with Gasteiger partial charge in [0.05, 0.1) is 0 Å². The zero-order chi connectivity index (χ0) is 22.3. The van der Waals surface area contributed by atoms with Crippen LogP contribution in [0.1, 0.15) is 11.1 Å². The molecule has 0 aromatic heterocycles.